The van der Waals surface area contributed by atoms with Crippen LogP contribution >= 0.6 is 0 Å². The van der Waals surface area contributed by atoms with Gasteiger partial charge < -0.3 is 9.47 Å². The van der Waals surface area contributed by atoms with Crippen LogP contribution in [0.1, 0.15) is 63.4 Å². The highest BCUT2D eigenvalue weighted by Crippen LogP contribution is 2.70. The lowest BCUT2D eigenvalue weighted by Crippen LogP contribution is -2.31. The van der Waals surface area contributed by atoms with E-state index in [9.17, 15) is 9.59 Å². The molecule has 1 fully saturated rings. The standard InChI is InChI=1S/C30H32O4/c1-28(2,3)20-15-30(16-21(27(20)32)29(4,5)6)24(18-10-8-7-9-11-18)25(30)26(31)19-12-13-22-23(14-19)34-17-33-22/h7-16,24-25H,17H2,1-6H3/t24-,25+/m1/s1. The van der Waals surface area contributed by atoms with Gasteiger partial charge in [-0.15, -0.1) is 0 Å². The second kappa shape index (κ2) is 7.43. The molecular formula is C30H32O4. The fourth-order valence-corrected chi connectivity index (χ4v) is 5.47. The molecule has 4 nitrogen and oxygen atoms in total. The molecule has 2 aromatic rings. The summed E-state index contributed by atoms with van der Waals surface area (Å²) < 4.78 is 11.0. The maximum Gasteiger partial charge on any atom is 0.231 e. The molecule has 1 saturated carbocycles. The Balaban J connectivity index is 1.67. The van der Waals surface area contributed by atoms with Crippen molar-refractivity contribution in [3.63, 3.8) is 0 Å². The highest BCUT2D eigenvalue weighted by atomic mass is 16.7. The van der Waals surface area contributed by atoms with Crippen molar-refractivity contribution < 1.29 is 19.1 Å². The third-order valence-electron chi connectivity index (χ3n) is 7.29. The van der Waals surface area contributed by atoms with Gasteiger partial charge in [-0.05, 0) is 34.6 Å². The molecule has 5 rings (SSSR count). The van der Waals surface area contributed by atoms with E-state index in [2.05, 4.69) is 65.8 Å². The zero-order valence-corrected chi connectivity index (χ0v) is 20.8. The van der Waals surface area contributed by atoms with Gasteiger partial charge in [-0.2, -0.15) is 0 Å². The van der Waals surface area contributed by atoms with Crippen LogP contribution in [0.15, 0.2) is 71.8 Å². The number of carbonyl (C=O) groups is 2. The molecule has 34 heavy (non-hydrogen) atoms. The van der Waals surface area contributed by atoms with Crippen molar-refractivity contribution >= 4 is 11.6 Å². The van der Waals surface area contributed by atoms with Crippen LogP contribution in [-0.4, -0.2) is 18.4 Å². The Hall–Kier alpha value is -3.14. The second-order valence-electron chi connectivity index (χ2n) is 11.7. The molecule has 1 aliphatic heterocycles. The van der Waals surface area contributed by atoms with Crippen molar-refractivity contribution in [2.24, 2.45) is 22.2 Å². The van der Waals surface area contributed by atoms with Gasteiger partial charge in [-0.3, -0.25) is 9.59 Å². The molecule has 0 N–H and O–H groups in total. The molecule has 1 heterocycles. The number of hydrogen-bond acceptors (Lipinski definition) is 4. The number of benzene rings is 2. The maximum absolute atomic E-state index is 14.0. The van der Waals surface area contributed by atoms with Gasteiger partial charge in [0.2, 0.25) is 6.79 Å². The Morgan fingerprint density at radius 1 is 0.853 bits per heavy atom. The molecule has 0 bridgehead atoms. The molecule has 3 aliphatic rings. The SMILES string of the molecule is CC(C)(C)C1=CC2(C=C(C(C)(C)C)C1=O)[C@H](C(=O)c1ccc3c(c1)OCO3)[C@H]2c1ccccc1. The summed E-state index contributed by atoms with van der Waals surface area (Å²) in [6, 6.07) is 15.6. The fourth-order valence-electron chi connectivity index (χ4n) is 5.47. The van der Waals surface area contributed by atoms with E-state index in [1.165, 1.54) is 0 Å². The first-order chi connectivity index (χ1) is 15.9. The predicted molar refractivity (Wildman–Crippen MR) is 132 cm³/mol. The summed E-state index contributed by atoms with van der Waals surface area (Å²) >= 11 is 0. The summed E-state index contributed by atoms with van der Waals surface area (Å²) in [5, 5.41) is 0. The summed E-state index contributed by atoms with van der Waals surface area (Å²) in [6.45, 7) is 12.6. The summed E-state index contributed by atoms with van der Waals surface area (Å²) in [7, 11) is 0. The lowest BCUT2D eigenvalue weighted by molar-refractivity contribution is -0.114. The lowest BCUT2D eigenvalue weighted by Gasteiger charge is -2.34. The summed E-state index contributed by atoms with van der Waals surface area (Å²) in [5.41, 5.74) is 2.12. The monoisotopic (exact) mass is 456 g/mol. The van der Waals surface area contributed by atoms with Crippen molar-refractivity contribution in [1.82, 2.24) is 0 Å². The molecule has 0 saturated heterocycles. The van der Waals surface area contributed by atoms with E-state index in [-0.39, 0.29) is 41.0 Å². The van der Waals surface area contributed by atoms with Crippen molar-refractivity contribution in [3.8, 4) is 11.5 Å². The van der Waals surface area contributed by atoms with E-state index >= 15 is 0 Å². The van der Waals surface area contributed by atoms with E-state index in [0.29, 0.717) is 17.1 Å². The van der Waals surface area contributed by atoms with E-state index in [0.717, 1.165) is 16.7 Å². The van der Waals surface area contributed by atoms with E-state index in [4.69, 9.17) is 9.47 Å². The van der Waals surface area contributed by atoms with Crippen molar-refractivity contribution in [2.45, 2.75) is 47.5 Å². The van der Waals surface area contributed by atoms with Gasteiger partial charge in [0.05, 0.1) is 0 Å². The molecule has 0 radical (unpaired) electrons. The summed E-state index contributed by atoms with van der Waals surface area (Å²) in [5.74, 6) is 1.10. The van der Waals surface area contributed by atoms with Crippen LogP contribution in [0.2, 0.25) is 0 Å². The minimum absolute atomic E-state index is 0.0329. The first kappa shape index (κ1) is 22.6. The number of carbonyl (C=O) groups excluding carboxylic acids is 2. The van der Waals surface area contributed by atoms with Gasteiger partial charge in [0.25, 0.3) is 0 Å². The third kappa shape index (κ3) is 3.51. The first-order valence-electron chi connectivity index (χ1n) is 11.9. The van der Waals surface area contributed by atoms with Gasteiger partial charge in [0.1, 0.15) is 0 Å². The molecule has 0 aromatic heterocycles. The van der Waals surface area contributed by atoms with E-state index in [1.54, 1.807) is 12.1 Å². The molecule has 2 atom stereocenters. The van der Waals surface area contributed by atoms with E-state index in [1.807, 2.05) is 24.3 Å². The second-order valence-corrected chi connectivity index (χ2v) is 11.7. The largest absolute Gasteiger partial charge is 0.454 e. The number of Topliss-reactive ketones (excluding diaryl/α,β-unsaturated/α-hetero) is 2. The van der Waals surface area contributed by atoms with Crippen LogP contribution in [0.5, 0.6) is 11.5 Å². The normalized spacial score (nSPS) is 22.9. The fraction of sp³-hybridized carbons (Fsp3) is 0.400. The van der Waals surface area contributed by atoms with Crippen molar-refractivity contribution in [1.29, 1.82) is 0 Å². The molecule has 176 valence electrons. The predicted octanol–water partition coefficient (Wildman–Crippen LogP) is 6.53. The Kier molecular flexibility index (Phi) is 4.95. The zero-order valence-electron chi connectivity index (χ0n) is 20.8. The Bertz CT molecular complexity index is 1200. The minimum atomic E-state index is -0.534. The van der Waals surface area contributed by atoms with Gasteiger partial charge in [0, 0.05) is 34.0 Å². The first-order valence-corrected chi connectivity index (χ1v) is 11.9. The summed E-state index contributed by atoms with van der Waals surface area (Å²) in [4.78, 5) is 27.6. The molecule has 2 aliphatic carbocycles. The van der Waals surface area contributed by atoms with Gasteiger partial charge in [-0.25, -0.2) is 0 Å². The number of ether oxygens (including phenoxy) is 2. The van der Waals surface area contributed by atoms with E-state index < -0.39 is 5.41 Å². The highest BCUT2D eigenvalue weighted by molar-refractivity contribution is 6.12. The molecule has 0 unspecified atom stereocenters. The third-order valence-corrected chi connectivity index (χ3v) is 7.29. The topological polar surface area (TPSA) is 52.6 Å². The van der Waals surface area contributed by atoms with Gasteiger partial charge in [-0.1, -0.05) is 84.0 Å². The smallest absolute Gasteiger partial charge is 0.231 e. The zero-order chi connectivity index (χ0) is 24.5. The molecule has 1 spiro atoms. The molecular weight excluding hydrogens is 424 g/mol. The van der Waals surface area contributed by atoms with Gasteiger partial charge in [0.15, 0.2) is 23.1 Å². The Morgan fingerprint density at radius 3 is 2.03 bits per heavy atom. The van der Waals surface area contributed by atoms with Crippen molar-refractivity contribution in [2.75, 3.05) is 6.79 Å². The van der Waals surface area contributed by atoms with Crippen LogP contribution in [0.3, 0.4) is 0 Å². The van der Waals surface area contributed by atoms with Crippen molar-refractivity contribution in [3.05, 3.63) is 83.0 Å². The Morgan fingerprint density at radius 2 is 1.44 bits per heavy atom. The summed E-state index contributed by atoms with van der Waals surface area (Å²) in [6.07, 6.45) is 4.22. The molecule has 2 aromatic carbocycles. The lowest BCUT2D eigenvalue weighted by atomic mass is 9.69. The average Bonchev–Trinajstić information content (AvgIpc) is 3.14. The van der Waals surface area contributed by atoms with Crippen LogP contribution in [0.4, 0.5) is 0 Å². The highest BCUT2D eigenvalue weighted by Gasteiger charge is 2.67. The molecule has 0 amide bonds. The Labute approximate surface area is 201 Å². The molecule has 4 heteroatoms. The number of hydrogen-bond donors (Lipinski definition) is 0. The maximum atomic E-state index is 14.0. The quantitative estimate of drug-likeness (QED) is 0.493. The average molecular weight is 457 g/mol. The number of rotatable bonds is 3. The van der Waals surface area contributed by atoms with Gasteiger partial charge >= 0.3 is 0 Å². The van der Waals surface area contributed by atoms with Crippen LogP contribution < -0.4 is 9.47 Å². The van der Waals surface area contributed by atoms with Crippen LogP contribution in [0, 0.1) is 22.2 Å². The van der Waals surface area contributed by atoms with Crippen LogP contribution in [-0.2, 0) is 4.79 Å². The van der Waals surface area contributed by atoms with Crippen LogP contribution in [0.25, 0.3) is 0 Å². The number of ketones is 2. The number of fused-ring (bicyclic) bond motifs is 1. The number of allylic oxidation sites excluding steroid dienone is 4. The minimum Gasteiger partial charge on any atom is -0.454 e.